The van der Waals surface area contributed by atoms with Crippen LogP contribution in [0.25, 0.3) is 21.5 Å². The number of phenols is 2. The van der Waals surface area contributed by atoms with Crippen molar-refractivity contribution in [2.24, 2.45) is 20.5 Å². The number of azo groups is 2. The molecular weight excluding hydrogens is 1080 g/mol. The summed E-state index contributed by atoms with van der Waals surface area (Å²) in [5, 5.41) is 53.4. The number of alkyl halides is 2. The monoisotopic (exact) mass is 1120 g/mol. The van der Waals surface area contributed by atoms with Crippen molar-refractivity contribution in [3.8, 4) is 11.5 Å². The van der Waals surface area contributed by atoms with Crippen molar-refractivity contribution in [2.45, 2.75) is 46.1 Å². The summed E-state index contributed by atoms with van der Waals surface area (Å²) >= 11 is 6.66. The van der Waals surface area contributed by atoms with E-state index >= 15 is 0 Å². The van der Waals surface area contributed by atoms with E-state index in [9.17, 15) is 37.8 Å². The molecular formula is C54H44Br2N8O8S. The number of aromatic hydroxyl groups is 2. The smallest absolute Gasteiger partial charge is 0.259 e. The molecule has 0 aliphatic carbocycles. The largest absolute Gasteiger partial charge is 0.505 e. The first kappa shape index (κ1) is 51.2. The zero-order valence-electron chi connectivity index (χ0n) is 39.3. The number of phenolic OH excluding ortho intramolecular Hbond substituents is 2. The number of sulfone groups is 1. The lowest BCUT2D eigenvalue weighted by Crippen LogP contribution is -2.30. The van der Waals surface area contributed by atoms with Crippen molar-refractivity contribution in [2.75, 3.05) is 21.3 Å². The van der Waals surface area contributed by atoms with Crippen LogP contribution >= 0.6 is 31.9 Å². The highest BCUT2D eigenvalue weighted by Gasteiger charge is 2.26. The molecule has 0 bridgehead atoms. The van der Waals surface area contributed by atoms with Gasteiger partial charge in [-0.25, -0.2) is 8.42 Å². The third-order valence-corrected chi connectivity index (χ3v) is 13.6. The van der Waals surface area contributed by atoms with E-state index in [4.69, 9.17) is 0 Å². The molecule has 6 N–H and O–H groups in total. The van der Waals surface area contributed by atoms with Crippen molar-refractivity contribution in [3.63, 3.8) is 0 Å². The molecule has 16 nitrogen and oxygen atoms in total. The Hall–Kier alpha value is -8.13. The SMILES string of the molecule is CC(C)(Br)C(=O)Nc1cccc(NC(=O)c2cc3ccccc3c(N=Nc3ccc(S(=O)(=O)c4ccc(N=Nc5c(O)c(C(=O)Nc6cccc(NC(=O)C(C)(C)Br)c6)cc6ccccc56)cc4)cc3)c2O)c1. The third-order valence-electron chi connectivity index (χ3n) is 11.1. The summed E-state index contributed by atoms with van der Waals surface area (Å²) in [5.74, 6) is -2.72. The molecule has 0 radical (unpaired) electrons. The van der Waals surface area contributed by atoms with Crippen molar-refractivity contribution in [1.29, 1.82) is 0 Å². The van der Waals surface area contributed by atoms with E-state index in [1.807, 2.05) is 0 Å². The Balaban J connectivity index is 0.975. The van der Waals surface area contributed by atoms with Crippen molar-refractivity contribution < 1.29 is 37.8 Å². The van der Waals surface area contributed by atoms with Gasteiger partial charge < -0.3 is 31.5 Å². The number of benzene rings is 8. The van der Waals surface area contributed by atoms with Gasteiger partial charge in [0.15, 0.2) is 11.5 Å². The van der Waals surface area contributed by atoms with Gasteiger partial charge in [-0.05, 0) is 136 Å². The highest BCUT2D eigenvalue weighted by Crippen LogP contribution is 2.42. The highest BCUT2D eigenvalue weighted by atomic mass is 79.9. The van der Waals surface area contributed by atoms with Crippen LogP contribution < -0.4 is 21.3 Å². The molecule has 0 aromatic heterocycles. The maximum atomic E-state index is 13.8. The lowest BCUT2D eigenvalue weighted by Gasteiger charge is -2.16. The van der Waals surface area contributed by atoms with Gasteiger partial charge >= 0.3 is 0 Å². The zero-order chi connectivity index (χ0) is 52.2. The molecule has 368 valence electrons. The number of hydrogen-bond acceptors (Lipinski definition) is 12. The number of amides is 4. The van der Waals surface area contributed by atoms with Gasteiger partial charge in [-0.2, -0.15) is 10.2 Å². The number of halogens is 2. The quantitative estimate of drug-likeness (QED) is 0.0451. The first-order valence-electron chi connectivity index (χ1n) is 22.3. The van der Waals surface area contributed by atoms with E-state index in [1.165, 1.54) is 60.7 Å². The van der Waals surface area contributed by atoms with Gasteiger partial charge in [0.1, 0.15) is 11.4 Å². The van der Waals surface area contributed by atoms with Gasteiger partial charge in [0.05, 0.1) is 40.9 Å². The maximum Gasteiger partial charge on any atom is 0.259 e. The highest BCUT2D eigenvalue weighted by molar-refractivity contribution is 9.10. The van der Waals surface area contributed by atoms with E-state index in [-0.39, 0.29) is 55.5 Å². The van der Waals surface area contributed by atoms with Gasteiger partial charge in [0.2, 0.25) is 21.7 Å². The second kappa shape index (κ2) is 20.9. The Morgan fingerprint density at radius 1 is 0.452 bits per heavy atom. The molecule has 8 aromatic carbocycles. The number of rotatable bonds is 14. The number of carbonyl (C=O) groups is 4. The maximum absolute atomic E-state index is 13.8. The first-order chi connectivity index (χ1) is 34.6. The molecule has 0 fully saturated rings. The fourth-order valence-electron chi connectivity index (χ4n) is 7.22. The predicted octanol–water partition coefficient (Wildman–Crippen LogP) is 13.8. The van der Waals surface area contributed by atoms with Crippen LogP contribution in [0.1, 0.15) is 48.4 Å². The Kier molecular flexibility index (Phi) is 14.7. The molecule has 0 aliphatic rings. The number of fused-ring (bicyclic) bond motifs is 2. The average molecular weight is 1120 g/mol. The molecule has 0 saturated carbocycles. The van der Waals surface area contributed by atoms with E-state index in [2.05, 4.69) is 73.6 Å². The molecule has 8 rings (SSSR count). The van der Waals surface area contributed by atoms with Crippen molar-refractivity contribution in [3.05, 3.63) is 169 Å². The van der Waals surface area contributed by atoms with Crippen LogP contribution in [0.15, 0.2) is 188 Å². The number of anilines is 4. The number of nitrogens with zero attached hydrogens (tertiary/aromatic N) is 4. The minimum absolute atomic E-state index is 0.0140. The number of hydrogen-bond donors (Lipinski definition) is 6. The predicted molar refractivity (Wildman–Crippen MR) is 290 cm³/mol. The zero-order valence-corrected chi connectivity index (χ0v) is 43.3. The van der Waals surface area contributed by atoms with Gasteiger partial charge in [0, 0.05) is 33.5 Å². The van der Waals surface area contributed by atoms with Crippen LogP contribution in [0.5, 0.6) is 11.5 Å². The second-order valence-corrected chi connectivity index (χ2v) is 23.4. The Morgan fingerprint density at radius 2 is 0.795 bits per heavy atom. The fourth-order valence-corrected chi connectivity index (χ4v) is 8.68. The summed E-state index contributed by atoms with van der Waals surface area (Å²) in [5.41, 5.74) is 2.01. The molecule has 0 heterocycles. The van der Waals surface area contributed by atoms with E-state index in [0.717, 1.165) is 0 Å². The Morgan fingerprint density at radius 3 is 1.15 bits per heavy atom. The third kappa shape index (κ3) is 11.8. The number of nitrogens with one attached hydrogen (secondary N) is 4. The standard InChI is InChI=1S/C54H44Br2N8O8S/c1-53(2,55)51(69)59-37-15-9-13-35(29-37)57-49(67)43-27-31-11-5-7-17-41(31)45(47(43)65)63-61-33-19-23-39(24-20-33)73(71,72)40-25-21-34(22-26-40)62-64-46-42-18-8-6-12-32(42)28-44(48(46)66)50(68)58-36-14-10-16-38(30-36)60-52(70)54(3,4)56/h5-30,65-66H,1-4H3,(H,57,67)(H,58,68)(H,59,69)(H,60,70). The summed E-state index contributed by atoms with van der Waals surface area (Å²) in [6.45, 7) is 6.82. The topological polar surface area (TPSA) is 240 Å². The van der Waals surface area contributed by atoms with Gasteiger partial charge in [-0.1, -0.05) is 92.5 Å². The van der Waals surface area contributed by atoms with E-state index in [1.54, 1.807) is 125 Å². The van der Waals surface area contributed by atoms with Gasteiger partial charge in [-0.3, -0.25) is 19.2 Å². The molecule has 19 heteroatoms. The molecule has 4 amide bonds. The molecule has 0 unspecified atom stereocenters. The molecule has 73 heavy (non-hydrogen) atoms. The van der Waals surface area contributed by atoms with Crippen LogP contribution in [-0.2, 0) is 19.4 Å². The summed E-state index contributed by atoms with van der Waals surface area (Å²) < 4.78 is 25.9. The Labute approximate surface area is 435 Å². The average Bonchev–Trinajstić information content (AvgIpc) is 3.35. The molecule has 8 aromatic rings. The summed E-state index contributed by atoms with van der Waals surface area (Å²) in [4.78, 5) is 52.1. The van der Waals surface area contributed by atoms with E-state index in [0.29, 0.717) is 44.3 Å². The molecule has 0 saturated heterocycles. The molecule has 0 atom stereocenters. The van der Waals surface area contributed by atoms with Gasteiger partial charge in [-0.15, -0.1) is 10.2 Å². The summed E-state index contributed by atoms with van der Waals surface area (Å²) in [7, 11) is -4.05. The summed E-state index contributed by atoms with van der Waals surface area (Å²) in [6.07, 6.45) is 0. The van der Waals surface area contributed by atoms with Crippen LogP contribution in [0.4, 0.5) is 45.5 Å². The minimum Gasteiger partial charge on any atom is -0.505 e. The molecule has 0 spiro atoms. The lowest BCUT2D eigenvalue weighted by molar-refractivity contribution is -0.118. The van der Waals surface area contributed by atoms with Crippen LogP contribution in [0.3, 0.4) is 0 Å². The fraction of sp³-hybridized carbons (Fsp3) is 0.111. The van der Waals surface area contributed by atoms with E-state index < -0.39 is 41.8 Å². The number of carbonyl (C=O) groups excluding carboxylic acids is 4. The van der Waals surface area contributed by atoms with Crippen LogP contribution in [0, 0.1) is 0 Å². The molecule has 0 aliphatic heterocycles. The van der Waals surface area contributed by atoms with Crippen molar-refractivity contribution >= 4 is 132 Å². The van der Waals surface area contributed by atoms with Crippen LogP contribution in [0.2, 0.25) is 0 Å². The normalized spacial score (nSPS) is 12.0. The minimum atomic E-state index is -4.05. The lowest BCUT2D eigenvalue weighted by atomic mass is 10.0. The first-order valence-corrected chi connectivity index (χ1v) is 25.3. The van der Waals surface area contributed by atoms with Crippen LogP contribution in [-0.4, -0.2) is 50.9 Å². The van der Waals surface area contributed by atoms with Gasteiger partial charge in [0.25, 0.3) is 11.8 Å². The Bertz CT molecular complexity index is 3430. The van der Waals surface area contributed by atoms with Crippen molar-refractivity contribution in [1.82, 2.24) is 0 Å². The summed E-state index contributed by atoms with van der Waals surface area (Å²) in [6, 6.07) is 41.4. The second-order valence-electron chi connectivity index (χ2n) is 17.5.